The average Bonchev–Trinajstić information content (AvgIpc) is 3.27. The molecule has 21 heavy (non-hydrogen) atoms. The SMILES string of the molecule is O=C(NCC1(O)CCOCC1)C1(c2cccc(Cl)c2)CC1. The molecule has 0 radical (unpaired) electrons. The molecule has 1 aromatic rings. The van der Waals surface area contributed by atoms with Crippen LogP contribution in [0, 0.1) is 0 Å². The molecule has 1 aromatic carbocycles. The van der Waals surface area contributed by atoms with Gasteiger partial charge in [0.25, 0.3) is 0 Å². The van der Waals surface area contributed by atoms with Crippen LogP contribution in [0.3, 0.4) is 0 Å². The minimum atomic E-state index is -0.835. The number of aliphatic hydroxyl groups is 1. The summed E-state index contributed by atoms with van der Waals surface area (Å²) in [5.74, 6) is -0.00955. The molecule has 2 N–H and O–H groups in total. The molecule has 1 heterocycles. The molecule has 2 fully saturated rings. The van der Waals surface area contributed by atoms with Crippen molar-refractivity contribution in [2.75, 3.05) is 19.8 Å². The Morgan fingerprint density at radius 3 is 2.62 bits per heavy atom. The molecule has 0 bridgehead atoms. The molecule has 2 aliphatic rings. The van der Waals surface area contributed by atoms with E-state index in [1.165, 1.54) is 0 Å². The van der Waals surface area contributed by atoms with Gasteiger partial charge in [-0.25, -0.2) is 0 Å². The van der Waals surface area contributed by atoms with Crippen molar-refractivity contribution in [1.82, 2.24) is 5.32 Å². The first-order valence-corrected chi connectivity index (χ1v) is 7.76. The van der Waals surface area contributed by atoms with Crippen LogP contribution in [0.4, 0.5) is 0 Å². The summed E-state index contributed by atoms with van der Waals surface area (Å²) in [6.07, 6.45) is 2.80. The Labute approximate surface area is 129 Å². The number of carbonyl (C=O) groups excluding carboxylic acids is 1. The number of hydrogen-bond acceptors (Lipinski definition) is 3. The molecular weight excluding hydrogens is 290 g/mol. The second kappa shape index (κ2) is 5.59. The van der Waals surface area contributed by atoms with Gasteiger partial charge in [0.05, 0.1) is 11.0 Å². The van der Waals surface area contributed by atoms with Crippen molar-refractivity contribution in [3.63, 3.8) is 0 Å². The lowest BCUT2D eigenvalue weighted by Gasteiger charge is -2.32. The number of amides is 1. The number of halogens is 1. The third-order valence-electron chi connectivity index (χ3n) is 4.56. The number of carbonyl (C=O) groups is 1. The van der Waals surface area contributed by atoms with E-state index in [1.54, 1.807) is 0 Å². The van der Waals surface area contributed by atoms with Crippen LogP contribution in [0.5, 0.6) is 0 Å². The second-order valence-electron chi connectivity index (χ2n) is 6.11. The minimum Gasteiger partial charge on any atom is -0.388 e. The Morgan fingerprint density at radius 1 is 1.29 bits per heavy atom. The third kappa shape index (κ3) is 3.07. The van der Waals surface area contributed by atoms with E-state index in [4.69, 9.17) is 16.3 Å². The van der Waals surface area contributed by atoms with Crippen LogP contribution < -0.4 is 5.32 Å². The van der Waals surface area contributed by atoms with Crippen LogP contribution in [0.15, 0.2) is 24.3 Å². The predicted molar refractivity (Wildman–Crippen MR) is 80.4 cm³/mol. The van der Waals surface area contributed by atoms with Crippen LogP contribution in [-0.2, 0) is 14.9 Å². The standard InChI is InChI=1S/C16H20ClNO3/c17-13-3-1-2-12(10-13)16(4-5-16)14(19)18-11-15(20)6-8-21-9-7-15/h1-3,10,20H,4-9,11H2,(H,18,19). The van der Waals surface area contributed by atoms with E-state index in [0.717, 1.165) is 18.4 Å². The first-order chi connectivity index (χ1) is 10.0. The van der Waals surface area contributed by atoms with Gasteiger partial charge in [-0.2, -0.15) is 0 Å². The number of hydrogen-bond donors (Lipinski definition) is 2. The zero-order chi connectivity index (χ0) is 14.9. The smallest absolute Gasteiger partial charge is 0.230 e. The van der Waals surface area contributed by atoms with E-state index in [0.29, 0.717) is 31.1 Å². The molecular formula is C16H20ClNO3. The summed E-state index contributed by atoms with van der Waals surface area (Å²) in [5.41, 5.74) is -0.323. The molecule has 0 aromatic heterocycles. The number of nitrogens with one attached hydrogen (secondary N) is 1. The summed E-state index contributed by atoms with van der Waals surface area (Å²) in [6.45, 7) is 1.38. The summed E-state index contributed by atoms with van der Waals surface area (Å²) < 4.78 is 5.25. The van der Waals surface area contributed by atoms with Gasteiger partial charge in [0.15, 0.2) is 0 Å². The van der Waals surface area contributed by atoms with Crippen molar-refractivity contribution in [2.24, 2.45) is 0 Å². The molecule has 1 saturated heterocycles. The van der Waals surface area contributed by atoms with Crippen LogP contribution >= 0.6 is 11.6 Å². The average molecular weight is 310 g/mol. The van der Waals surface area contributed by atoms with E-state index in [1.807, 2.05) is 24.3 Å². The third-order valence-corrected chi connectivity index (χ3v) is 4.80. The summed E-state index contributed by atoms with van der Waals surface area (Å²) >= 11 is 6.02. The molecule has 0 atom stereocenters. The van der Waals surface area contributed by atoms with Crippen molar-refractivity contribution >= 4 is 17.5 Å². The lowest BCUT2D eigenvalue weighted by atomic mass is 9.92. The molecule has 4 nitrogen and oxygen atoms in total. The zero-order valence-corrected chi connectivity index (χ0v) is 12.7. The van der Waals surface area contributed by atoms with Gasteiger partial charge in [-0.05, 0) is 30.5 Å². The summed E-state index contributed by atoms with van der Waals surface area (Å²) in [7, 11) is 0. The highest BCUT2D eigenvalue weighted by molar-refractivity contribution is 6.30. The number of ether oxygens (including phenoxy) is 1. The molecule has 0 unspecified atom stereocenters. The topological polar surface area (TPSA) is 58.6 Å². The fraction of sp³-hybridized carbons (Fsp3) is 0.562. The quantitative estimate of drug-likeness (QED) is 0.895. The highest BCUT2D eigenvalue weighted by atomic mass is 35.5. The van der Waals surface area contributed by atoms with Gasteiger partial charge in [0.2, 0.25) is 5.91 Å². The Morgan fingerprint density at radius 2 is 2.00 bits per heavy atom. The van der Waals surface area contributed by atoms with E-state index in [-0.39, 0.29) is 12.5 Å². The van der Waals surface area contributed by atoms with E-state index < -0.39 is 11.0 Å². The Kier molecular flexibility index (Phi) is 3.95. The van der Waals surface area contributed by atoms with Crippen LogP contribution in [0.2, 0.25) is 5.02 Å². The van der Waals surface area contributed by atoms with Crippen molar-refractivity contribution in [1.29, 1.82) is 0 Å². The maximum absolute atomic E-state index is 12.5. The van der Waals surface area contributed by atoms with Crippen LogP contribution in [-0.4, -0.2) is 36.4 Å². The Balaban J connectivity index is 1.65. The zero-order valence-electron chi connectivity index (χ0n) is 11.9. The highest BCUT2D eigenvalue weighted by Gasteiger charge is 2.51. The van der Waals surface area contributed by atoms with Gasteiger partial charge in [0.1, 0.15) is 0 Å². The monoisotopic (exact) mass is 309 g/mol. The lowest BCUT2D eigenvalue weighted by molar-refractivity contribution is -0.126. The van der Waals surface area contributed by atoms with Crippen molar-refractivity contribution in [2.45, 2.75) is 36.7 Å². The van der Waals surface area contributed by atoms with Crippen molar-refractivity contribution < 1.29 is 14.6 Å². The van der Waals surface area contributed by atoms with E-state index >= 15 is 0 Å². The fourth-order valence-corrected chi connectivity index (χ4v) is 3.09. The van der Waals surface area contributed by atoms with E-state index in [2.05, 4.69) is 5.32 Å². The number of rotatable bonds is 4. The Bertz CT molecular complexity index is 536. The first-order valence-electron chi connectivity index (χ1n) is 7.39. The normalized spacial score (nSPS) is 22.6. The maximum atomic E-state index is 12.5. The molecule has 1 aliphatic carbocycles. The van der Waals surface area contributed by atoms with Gasteiger partial charge >= 0.3 is 0 Å². The van der Waals surface area contributed by atoms with Crippen molar-refractivity contribution in [3.05, 3.63) is 34.9 Å². The molecule has 3 rings (SSSR count). The summed E-state index contributed by atoms with van der Waals surface area (Å²) in [5, 5.41) is 14.0. The summed E-state index contributed by atoms with van der Waals surface area (Å²) in [6, 6.07) is 7.49. The Hall–Kier alpha value is -1.10. The lowest BCUT2D eigenvalue weighted by Crippen LogP contribution is -2.48. The van der Waals surface area contributed by atoms with Crippen LogP contribution in [0.25, 0.3) is 0 Å². The minimum absolute atomic E-state index is 0.00955. The molecule has 1 saturated carbocycles. The summed E-state index contributed by atoms with van der Waals surface area (Å²) in [4.78, 5) is 12.5. The van der Waals surface area contributed by atoms with Crippen molar-refractivity contribution in [3.8, 4) is 0 Å². The fourth-order valence-electron chi connectivity index (χ4n) is 2.90. The second-order valence-corrected chi connectivity index (χ2v) is 6.55. The van der Waals surface area contributed by atoms with Gasteiger partial charge in [0, 0.05) is 37.6 Å². The molecule has 1 aliphatic heterocycles. The molecule has 1 amide bonds. The van der Waals surface area contributed by atoms with E-state index in [9.17, 15) is 9.90 Å². The van der Waals surface area contributed by atoms with Gasteiger partial charge in [-0.1, -0.05) is 23.7 Å². The molecule has 5 heteroatoms. The molecule has 114 valence electrons. The van der Waals surface area contributed by atoms with Crippen LogP contribution in [0.1, 0.15) is 31.2 Å². The van der Waals surface area contributed by atoms with Gasteiger partial charge < -0.3 is 15.2 Å². The van der Waals surface area contributed by atoms with Gasteiger partial charge in [-0.15, -0.1) is 0 Å². The maximum Gasteiger partial charge on any atom is 0.230 e. The van der Waals surface area contributed by atoms with Gasteiger partial charge in [-0.3, -0.25) is 4.79 Å². The largest absolute Gasteiger partial charge is 0.388 e. The molecule has 0 spiro atoms. The number of benzene rings is 1. The predicted octanol–water partition coefficient (Wildman–Crippen LogP) is 2.03. The highest BCUT2D eigenvalue weighted by Crippen LogP contribution is 2.48. The first kappa shape index (κ1) is 14.8.